The van der Waals surface area contributed by atoms with Crippen LogP contribution in [0.25, 0.3) is 21.9 Å². The van der Waals surface area contributed by atoms with Crippen LogP contribution in [-0.2, 0) is 16.4 Å². The van der Waals surface area contributed by atoms with Gasteiger partial charge in [0.15, 0.2) is 0 Å². The summed E-state index contributed by atoms with van der Waals surface area (Å²) in [6.07, 6.45) is 1.27. The summed E-state index contributed by atoms with van der Waals surface area (Å²) in [5.41, 5.74) is -0.0573. The van der Waals surface area contributed by atoms with Gasteiger partial charge in [-0.1, -0.05) is 42.5 Å². The van der Waals surface area contributed by atoms with Crippen LogP contribution in [0.5, 0.6) is 0 Å². The highest BCUT2D eigenvalue weighted by atomic mass is 32.2. The Kier molecular flexibility index (Phi) is 4.90. The summed E-state index contributed by atoms with van der Waals surface area (Å²) in [6.45, 7) is 0. The molecule has 7 nitrogen and oxygen atoms in total. The van der Waals surface area contributed by atoms with Crippen LogP contribution in [0.1, 0.15) is 10.4 Å². The highest BCUT2D eigenvalue weighted by molar-refractivity contribution is 7.90. The van der Waals surface area contributed by atoms with E-state index in [-0.39, 0.29) is 27.9 Å². The molecule has 33 heavy (non-hydrogen) atoms. The summed E-state index contributed by atoms with van der Waals surface area (Å²) in [4.78, 5) is 30.5. The van der Waals surface area contributed by atoms with Gasteiger partial charge in [-0.25, -0.2) is 22.2 Å². The zero-order chi connectivity index (χ0) is 23.2. The van der Waals surface area contributed by atoms with Gasteiger partial charge in [0.2, 0.25) is 5.91 Å². The molecule has 0 amide bonds. The van der Waals surface area contributed by atoms with Crippen molar-refractivity contribution in [1.82, 2.24) is 13.5 Å². The second kappa shape index (κ2) is 7.79. The molecule has 2 aromatic heterocycles. The summed E-state index contributed by atoms with van der Waals surface area (Å²) in [7, 11) is -4.39. The van der Waals surface area contributed by atoms with Gasteiger partial charge >= 0.3 is 5.69 Å². The molecule has 0 unspecified atom stereocenters. The maximum Gasteiger partial charge on any atom is 0.350 e. The number of rotatable bonds is 4. The first-order valence-electron chi connectivity index (χ1n) is 9.97. The van der Waals surface area contributed by atoms with E-state index in [9.17, 15) is 22.4 Å². The Hall–Kier alpha value is -4.11. The second-order valence-electron chi connectivity index (χ2n) is 7.40. The van der Waals surface area contributed by atoms with Crippen molar-refractivity contribution in [3.05, 3.63) is 107 Å². The van der Waals surface area contributed by atoms with Crippen LogP contribution in [0, 0.1) is 5.82 Å². The largest absolute Gasteiger partial charge is 0.350 e. The highest BCUT2D eigenvalue weighted by Gasteiger charge is 2.29. The van der Waals surface area contributed by atoms with Crippen molar-refractivity contribution >= 4 is 37.9 Å². The van der Waals surface area contributed by atoms with Gasteiger partial charge < -0.3 is 0 Å². The number of halogens is 1. The topological polar surface area (TPSA) is 91.0 Å². The number of carbonyl (C=O) groups is 1. The molecule has 0 fully saturated rings. The molecule has 9 heteroatoms. The molecule has 5 aromatic rings. The normalized spacial score (nSPS) is 11.8. The molecule has 0 aliphatic heterocycles. The van der Waals surface area contributed by atoms with Crippen molar-refractivity contribution < 1.29 is 17.6 Å². The molecule has 0 atom stereocenters. The minimum absolute atomic E-state index is 0.0721. The van der Waals surface area contributed by atoms with E-state index in [2.05, 4.69) is 4.98 Å². The maximum atomic E-state index is 13.7. The number of hydrogen-bond acceptors (Lipinski definition) is 5. The lowest BCUT2D eigenvalue weighted by Gasteiger charge is -2.08. The minimum atomic E-state index is -4.39. The summed E-state index contributed by atoms with van der Waals surface area (Å²) in [5, 5.41) is 0.600. The zero-order valence-electron chi connectivity index (χ0n) is 17.1. The number of para-hydroxylation sites is 3. The molecule has 0 bridgehead atoms. The summed E-state index contributed by atoms with van der Waals surface area (Å²) < 4.78 is 42.0. The molecule has 3 aromatic carbocycles. The van der Waals surface area contributed by atoms with E-state index < -0.39 is 27.4 Å². The molecule has 0 saturated carbocycles. The minimum Gasteiger partial charge on any atom is -0.274 e. The number of hydrogen-bond donors (Lipinski definition) is 0. The number of aromatic nitrogens is 3. The Bertz CT molecular complexity index is 1700. The third-order valence-electron chi connectivity index (χ3n) is 5.34. The zero-order valence-corrected chi connectivity index (χ0v) is 17.9. The fraction of sp³-hybridized carbons (Fsp3) is 0.0417. The molecule has 0 N–H and O–H groups in total. The van der Waals surface area contributed by atoms with E-state index in [1.165, 1.54) is 48.7 Å². The quantitative estimate of drug-likeness (QED) is 0.408. The first kappa shape index (κ1) is 20.8. The predicted molar refractivity (Wildman–Crippen MR) is 121 cm³/mol. The number of pyridine rings is 1. The van der Waals surface area contributed by atoms with Crippen molar-refractivity contribution in [2.75, 3.05) is 0 Å². The highest BCUT2D eigenvalue weighted by Crippen LogP contribution is 2.25. The predicted octanol–water partition coefficient (Wildman–Crippen LogP) is 3.61. The Morgan fingerprint density at radius 3 is 2.33 bits per heavy atom. The molecule has 0 aliphatic carbocycles. The summed E-state index contributed by atoms with van der Waals surface area (Å²) in [6, 6.07) is 19.6. The Labute approximate surface area is 187 Å². The Morgan fingerprint density at radius 2 is 1.58 bits per heavy atom. The number of fused-ring (bicyclic) bond motifs is 2. The van der Waals surface area contributed by atoms with Crippen LogP contribution >= 0.6 is 0 Å². The molecular formula is C24H16FN3O4S. The molecule has 0 radical (unpaired) electrons. The van der Waals surface area contributed by atoms with E-state index in [4.69, 9.17) is 0 Å². The molecule has 2 heterocycles. The number of imidazole rings is 1. The van der Waals surface area contributed by atoms with Crippen molar-refractivity contribution in [2.45, 2.75) is 11.3 Å². The standard InChI is InChI=1S/C24H16FN3O4S/c25-18-12-10-16(11-13-18)15-22(29)27-19-7-1-2-8-20(19)28(24(27)30)33(31,32)21-9-3-5-17-6-4-14-26-23(17)21/h1-14H,15H2. The van der Waals surface area contributed by atoms with Gasteiger partial charge in [0.25, 0.3) is 10.0 Å². The average molecular weight is 461 g/mol. The van der Waals surface area contributed by atoms with Gasteiger partial charge in [-0.05, 0) is 42.0 Å². The fourth-order valence-electron chi connectivity index (χ4n) is 3.83. The lowest BCUT2D eigenvalue weighted by atomic mass is 10.1. The third kappa shape index (κ3) is 3.42. The molecule has 0 aliphatic rings. The second-order valence-corrected chi connectivity index (χ2v) is 9.16. The van der Waals surface area contributed by atoms with Gasteiger partial charge in [0.05, 0.1) is 23.0 Å². The van der Waals surface area contributed by atoms with Crippen LogP contribution in [0.4, 0.5) is 4.39 Å². The molecule has 0 spiro atoms. The number of nitrogens with zero attached hydrogens (tertiary/aromatic N) is 3. The van der Waals surface area contributed by atoms with Gasteiger partial charge in [0, 0.05) is 11.6 Å². The fourth-order valence-corrected chi connectivity index (χ4v) is 5.40. The maximum absolute atomic E-state index is 13.7. The van der Waals surface area contributed by atoms with E-state index in [1.807, 2.05) is 0 Å². The monoisotopic (exact) mass is 461 g/mol. The van der Waals surface area contributed by atoms with Crippen LogP contribution in [-0.4, -0.2) is 27.8 Å². The number of benzene rings is 3. The van der Waals surface area contributed by atoms with Gasteiger partial charge in [0.1, 0.15) is 10.7 Å². The average Bonchev–Trinajstić information content (AvgIpc) is 3.12. The van der Waals surface area contributed by atoms with Crippen molar-refractivity contribution in [3.8, 4) is 0 Å². The Balaban J connectivity index is 1.72. The summed E-state index contributed by atoms with van der Waals surface area (Å²) >= 11 is 0. The number of carbonyl (C=O) groups excluding carboxylic acids is 1. The van der Waals surface area contributed by atoms with Crippen LogP contribution < -0.4 is 5.69 Å². The van der Waals surface area contributed by atoms with E-state index in [1.54, 1.807) is 36.4 Å². The van der Waals surface area contributed by atoms with Crippen LogP contribution in [0.2, 0.25) is 0 Å². The molecule has 164 valence electrons. The smallest absolute Gasteiger partial charge is 0.274 e. The van der Waals surface area contributed by atoms with Gasteiger partial charge in [-0.3, -0.25) is 9.78 Å². The van der Waals surface area contributed by atoms with Gasteiger partial charge in [-0.15, -0.1) is 0 Å². The Morgan fingerprint density at radius 1 is 0.879 bits per heavy atom. The third-order valence-corrected chi connectivity index (χ3v) is 7.06. The van der Waals surface area contributed by atoms with Crippen LogP contribution in [0.3, 0.4) is 0 Å². The van der Waals surface area contributed by atoms with Gasteiger partial charge in [-0.2, -0.15) is 3.97 Å². The summed E-state index contributed by atoms with van der Waals surface area (Å²) in [5.74, 6) is -1.08. The SMILES string of the molecule is O=C(Cc1ccc(F)cc1)n1c(=O)n(S(=O)(=O)c2cccc3cccnc23)c2ccccc21. The van der Waals surface area contributed by atoms with Crippen molar-refractivity contribution in [2.24, 2.45) is 0 Å². The lowest BCUT2D eigenvalue weighted by Crippen LogP contribution is -2.33. The first-order valence-corrected chi connectivity index (χ1v) is 11.4. The van der Waals surface area contributed by atoms with Crippen LogP contribution in [0.15, 0.2) is 94.7 Å². The molecular weight excluding hydrogens is 445 g/mol. The molecule has 5 rings (SSSR count). The molecule has 0 saturated heterocycles. The van der Waals surface area contributed by atoms with Crippen molar-refractivity contribution in [3.63, 3.8) is 0 Å². The van der Waals surface area contributed by atoms with E-state index in [0.717, 1.165) is 4.57 Å². The van der Waals surface area contributed by atoms with E-state index in [0.29, 0.717) is 14.9 Å². The first-order chi connectivity index (χ1) is 15.9. The van der Waals surface area contributed by atoms with E-state index >= 15 is 0 Å². The lowest BCUT2D eigenvalue weighted by molar-refractivity contribution is 0.0915. The van der Waals surface area contributed by atoms with Crippen molar-refractivity contribution in [1.29, 1.82) is 0 Å².